The molecule has 0 aliphatic carbocycles. The number of hydrogen-bond acceptors (Lipinski definition) is 4. The van der Waals surface area contributed by atoms with Crippen molar-refractivity contribution in [2.45, 2.75) is 0 Å². The average molecular weight is 340 g/mol. The molecule has 5 nitrogen and oxygen atoms in total. The molecule has 8 heteroatoms. The fraction of sp³-hybridized carbons (Fsp3) is 0.0714. The number of nitrogens with one attached hydrogen (secondary N) is 2. The SMILES string of the molecule is O=C(CNC(=O)c1c(F)cccc1Cl)N/N=C/c1cccs1. The number of hydrogen-bond donors (Lipinski definition) is 2. The molecular formula is C14H11ClFN3O2S. The Hall–Kier alpha value is -2.25. The van der Waals surface area contributed by atoms with Gasteiger partial charge in [-0.2, -0.15) is 5.10 Å². The van der Waals surface area contributed by atoms with Gasteiger partial charge in [0.15, 0.2) is 0 Å². The van der Waals surface area contributed by atoms with Gasteiger partial charge in [-0.3, -0.25) is 9.59 Å². The molecular weight excluding hydrogens is 329 g/mol. The highest BCUT2D eigenvalue weighted by atomic mass is 35.5. The molecule has 2 amide bonds. The second kappa shape index (κ2) is 7.67. The molecule has 0 saturated carbocycles. The standard InChI is InChI=1S/C14H11ClFN3O2S/c15-10-4-1-5-11(16)13(10)14(21)17-8-12(20)19-18-7-9-3-2-6-22-9/h1-7H,8H2,(H,17,21)(H,19,20)/b18-7+. The summed E-state index contributed by atoms with van der Waals surface area (Å²) in [5.74, 6) is -2.05. The third-order valence-corrected chi connectivity index (χ3v) is 3.65. The molecule has 114 valence electrons. The van der Waals surface area contributed by atoms with E-state index in [-0.39, 0.29) is 17.1 Å². The Kier molecular flexibility index (Phi) is 5.62. The number of thiophene rings is 1. The molecule has 0 atom stereocenters. The van der Waals surface area contributed by atoms with Gasteiger partial charge in [0.1, 0.15) is 5.82 Å². The van der Waals surface area contributed by atoms with Gasteiger partial charge in [-0.05, 0) is 23.6 Å². The summed E-state index contributed by atoms with van der Waals surface area (Å²) in [6.07, 6.45) is 1.48. The zero-order valence-corrected chi connectivity index (χ0v) is 12.7. The van der Waals surface area contributed by atoms with Crippen LogP contribution in [0, 0.1) is 5.82 Å². The van der Waals surface area contributed by atoms with E-state index < -0.39 is 17.6 Å². The quantitative estimate of drug-likeness (QED) is 0.648. The largest absolute Gasteiger partial charge is 0.343 e. The Balaban J connectivity index is 1.84. The summed E-state index contributed by atoms with van der Waals surface area (Å²) in [5, 5.41) is 7.87. The van der Waals surface area contributed by atoms with Crippen LogP contribution < -0.4 is 10.7 Å². The molecule has 1 aromatic heterocycles. The lowest BCUT2D eigenvalue weighted by molar-refractivity contribution is -0.120. The van der Waals surface area contributed by atoms with Gasteiger partial charge < -0.3 is 5.32 Å². The van der Waals surface area contributed by atoms with Gasteiger partial charge in [-0.25, -0.2) is 9.82 Å². The van der Waals surface area contributed by atoms with Gasteiger partial charge in [-0.15, -0.1) is 11.3 Å². The number of carbonyl (C=O) groups excluding carboxylic acids is 2. The van der Waals surface area contributed by atoms with E-state index in [1.54, 1.807) is 0 Å². The average Bonchev–Trinajstić information content (AvgIpc) is 2.98. The second-order valence-corrected chi connectivity index (χ2v) is 5.47. The number of carbonyl (C=O) groups is 2. The topological polar surface area (TPSA) is 70.6 Å². The summed E-state index contributed by atoms with van der Waals surface area (Å²) in [4.78, 5) is 24.2. The van der Waals surface area contributed by atoms with E-state index in [4.69, 9.17) is 11.6 Å². The maximum absolute atomic E-state index is 13.5. The molecule has 0 unspecified atom stereocenters. The van der Waals surface area contributed by atoms with Crippen molar-refractivity contribution in [2.75, 3.05) is 6.54 Å². The molecule has 1 aromatic carbocycles. The lowest BCUT2D eigenvalue weighted by Crippen LogP contribution is -2.35. The van der Waals surface area contributed by atoms with E-state index in [1.165, 1.54) is 29.7 Å². The van der Waals surface area contributed by atoms with Crippen molar-refractivity contribution in [1.82, 2.24) is 10.7 Å². The maximum Gasteiger partial charge on any atom is 0.259 e. The molecule has 0 saturated heterocycles. The third-order valence-electron chi connectivity index (χ3n) is 2.52. The summed E-state index contributed by atoms with van der Waals surface area (Å²) < 4.78 is 13.5. The van der Waals surface area contributed by atoms with Gasteiger partial charge in [0.05, 0.1) is 23.3 Å². The maximum atomic E-state index is 13.5. The van der Waals surface area contributed by atoms with Crippen LogP contribution in [0.2, 0.25) is 5.02 Å². The molecule has 1 heterocycles. The number of nitrogens with zero attached hydrogens (tertiary/aromatic N) is 1. The fourth-order valence-corrected chi connectivity index (χ4v) is 2.37. The molecule has 0 bridgehead atoms. The predicted octanol–water partition coefficient (Wildman–Crippen LogP) is 2.42. The first kappa shape index (κ1) is 16.1. The highest BCUT2D eigenvalue weighted by molar-refractivity contribution is 7.11. The van der Waals surface area contributed by atoms with E-state index in [0.717, 1.165) is 10.9 Å². The van der Waals surface area contributed by atoms with Crippen LogP contribution in [0.5, 0.6) is 0 Å². The molecule has 22 heavy (non-hydrogen) atoms. The van der Waals surface area contributed by atoms with Gasteiger partial charge in [0, 0.05) is 4.88 Å². The summed E-state index contributed by atoms with van der Waals surface area (Å²) in [6, 6.07) is 7.59. The van der Waals surface area contributed by atoms with Crippen molar-refractivity contribution in [3.63, 3.8) is 0 Å². The zero-order valence-electron chi connectivity index (χ0n) is 11.2. The number of halogens is 2. The highest BCUT2D eigenvalue weighted by Crippen LogP contribution is 2.18. The van der Waals surface area contributed by atoms with Crippen LogP contribution in [0.1, 0.15) is 15.2 Å². The molecule has 0 radical (unpaired) electrons. The number of benzene rings is 1. The van der Waals surface area contributed by atoms with Crippen LogP contribution >= 0.6 is 22.9 Å². The lowest BCUT2D eigenvalue weighted by atomic mass is 10.2. The Morgan fingerprint density at radius 1 is 1.32 bits per heavy atom. The normalized spacial score (nSPS) is 10.6. The molecule has 2 N–H and O–H groups in total. The monoisotopic (exact) mass is 339 g/mol. The Morgan fingerprint density at radius 3 is 2.82 bits per heavy atom. The first-order valence-electron chi connectivity index (χ1n) is 6.15. The van der Waals surface area contributed by atoms with Crippen molar-refractivity contribution in [1.29, 1.82) is 0 Å². The van der Waals surface area contributed by atoms with Gasteiger partial charge >= 0.3 is 0 Å². The van der Waals surface area contributed by atoms with Gasteiger partial charge in [0.25, 0.3) is 11.8 Å². The Labute approximate surface area is 134 Å². The number of rotatable bonds is 5. The van der Waals surface area contributed by atoms with Crippen LogP contribution in [0.25, 0.3) is 0 Å². The highest BCUT2D eigenvalue weighted by Gasteiger charge is 2.16. The van der Waals surface area contributed by atoms with Crippen molar-refractivity contribution < 1.29 is 14.0 Å². The summed E-state index contributed by atoms with van der Waals surface area (Å²) >= 11 is 7.22. The Morgan fingerprint density at radius 2 is 2.14 bits per heavy atom. The van der Waals surface area contributed by atoms with Crippen LogP contribution in [0.4, 0.5) is 4.39 Å². The fourth-order valence-electron chi connectivity index (χ4n) is 1.54. The van der Waals surface area contributed by atoms with Crippen LogP contribution in [0.3, 0.4) is 0 Å². The zero-order chi connectivity index (χ0) is 15.9. The van der Waals surface area contributed by atoms with Crippen LogP contribution in [0.15, 0.2) is 40.8 Å². The van der Waals surface area contributed by atoms with Gasteiger partial charge in [-0.1, -0.05) is 23.7 Å². The minimum absolute atomic E-state index is 0.0198. The van der Waals surface area contributed by atoms with E-state index in [2.05, 4.69) is 15.8 Å². The van der Waals surface area contributed by atoms with Crippen molar-refractivity contribution in [2.24, 2.45) is 5.10 Å². The van der Waals surface area contributed by atoms with E-state index in [0.29, 0.717) is 0 Å². The van der Waals surface area contributed by atoms with Crippen molar-refractivity contribution >= 4 is 41.0 Å². The molecule has 0 fully saturated rings. The second-order valence-electron chi connectivity index (χ2n) is 4.09. The first-order valence-corrected chi connectivity index (χ1v) is 7.41. The van der Waals surface area contributed by atoms with Crippen LogP contribution in [-0.4, -0.2) is 24.6 Å². The third kappa shape index (κ3) is 4.37. The molecule has 0 aliphatic heterocycles. The summed E-state index contributed by atoms with van der Waals surface area (Å²) in [6.45, 7) is -0.342. The van der Waals surface area contributed by atoms with E-state index >= 15 is 0 Å². The minimum atomic E-state index is -0.763. The molecule has 2 aromatic rings. The Bertz CT molecular complexity index is 684. The van der Waals surface area contributed by atoms with Gasteiger partial charge in [0.2, 0.25) is 0 Å². The van der Waals surface area contributed by atoms with E-state index in [1.807, 2.05) is 17.5 Å². The summed E-state index contributed by atoms with van der Waals surface area (Å²) in [7, 11) is 0. The molecule has 0 spiro atoms. The summed E-state index contributed by atoms with van der Waals surface area (Å²) in [5.41, 5.74) is 1.96. The van der Waals surface area contributed by atoms with Crippen molar-refractivity contribution in [3.05, 3.63) is 57.0 Å². The minimum Gasteiger partial charge on any atom is -0.343 e. The molecule has 2 rings (SSSR count). The lowest BCUT2D eigenvalue weighted by Gasteiger charge is -2.06. The van der Waals surface area contributed by atoms with Crippen LogP contribution in [-0.2, 0) is 4.79 Å². The first-order chi connectivity index (χ1) is 10.6. The number of hydrazone groups is 1. The predicted molar refractivity (Wildman–Crippen MR) is 83.8 cm³/mol. The molecule has 0 aliphatic rings. The van der Waals surface area contributed by atoms with Crippen molar-refractivity contribution in [3.8, 4) is 0 Å². The number of amides is 2. The smallest absolute Gasteiger partial charge is 0.259 e. The van der Waals surface area contributed by atoms with E-state index in [9.17, 15) is 14.0 Å².